The van der Waals surface area contributed by atoms with Crippen LogP contribution in [-0.2, 0) is 0 Å². The minimum absolute atomic E-state index is 0.121. The van der Waals surface area contributed by atoms with Crippen LogP contribution in [0.25, 0.3) is 0 Å². The van der Waals surface area contributed by atoms with Gasteiger partial charge in [-0.05, 0) is 58.7 Å². The predicted molar refractivity (Wildman–Crippen MR) is 83.9 cm³/mol. The molecule has 0 saturated heterocycles. The number of phenols is 1. The van der Waals surface area contributed by atoms with Crippen molar-refractivity contribution >= 4 is 54.8 Å². The minimum Gasteiger partial charge on any atom is -0.505 e. The second-order valence-corrected chi connectivity index (χ2v) is 6.07. The summed E-state index contributed by atoms with van der Waals surface area (Å²) >= 11 is 12.6. The van der Waals surface area contributed by atoms with Gasteiger partial charge in [0, 0.05) is 8.95 Å². The molecule has 2 aromatic carbocycles. The van der Waals surface area contributed by atoms with Crippen molar-refractivity contribution in [2.45, 2.75) is 6.92 Å². The molecule has 0 heterocycles. The van der Waals surface area contributed by atoms with Crippen LogP contribution in [0.1, 0.15) is 5.56 Å². The molecule has 1 N–H and O–H groups in total. The van der Waals surface area contributed by atoms with Gasteiger partial charge in [0.15, 0.2) is 0 Å². The van der Waals surface area contributed by atoms with Crippen LogP contribution in [0.2, 0.25) is 5.02 Å². The largest absolute Gasteiger partial charge is 0.505 e. The molecule has 0 atom stereocenters. The van der Waals surface area contributed by atoms with Gasteiger partial charge in [0.2, 0.25) is 0 Å². The summed E-state index contributed by atoms with van der Waals surface area (Å²) in [6, 6.07) is 8.78. The average Bonchev–Trinajstić information content (AvgIpc) is 2.36. The van der Waals surface area contributed by atoms with Crippen molar-refractivity contribution in [3.05, 3.63) is 49.9 Å². The van der Waals surface area contributed by atoms with E-state index in [0.717, 1.165) is 14.5 Å². The maximum Gasteiger partial charge on any atom is 0.146 e. The number of benzene rings is 2. The van der Waals surface area contributed by atoms with E-state index in [2.05, 4.69) is 42.1 Å². The summed E-state index contributed by atoms with van der Waals surface area (Å²) < 4.78 is 1.64. The standard InChI is InChI=1S/C13H9Br2ClN2O/c1-7-4-8(14)5-12(13(7)19)18-17-9-2-3-10(15)11(16)6-9/h2-6,19H,1H3. The number of phenolic OH excluding ortho intramolecular Hbond substituents is 1. The lowest BCUT2D eigenvalue weighted by molar-refractivity contribution is 0.472. The highest BCUT2D eigenvalue weighted by atomic mass is 79.9. The molecule has 0 fully saturated rings. The number of halogens is 3. The third kappa shape index (κ3) is 3.55. The van der Waals surface area contributed by atoms with Gasteiger partial charge in [-0.15, -0.1) is 5.11 Å². The third-order valence-electron chi connectivity index (χ3n) is 2.42. The lowest BCUT2D eigenvalue weighted by Crippen LogP contribution is -1.76. The summed E-state index contributed by atoms with van der Waals surface area (Å²) in [4.78, 5) is 0. The van der Waals surface area contributed by atoms with Crippen LogP contribution in [0.3, 0.4) is 0 Å². The maximum atomic E-state index is 9.89. The molecule has 2 aromatic rings. The second-order valence-electron chi connectivity index (χ2n) is 3.89. The Bertz CT molecular complexity index is 659. The summed E-state index contributed by atoms with van der Waals surface area (Å²) in [7, 11) is 0. The van der Waals surface area contributed by atoms with Gasteiger partial charge in [0.25, 0.3) is 0 Å². The number of hydrogen-bond acceptors (Lipinski definition) is 3. The number of azo groups is 1. The van der Waals surface area contributed by atoms with E-state index in [-0.39, 0.29) is 5.75 Å². The zero-order chi connectivity index (χ0) is 14.0. The molecule has 0 unspecified atom stereocenters. The molecule has 2 rings (SSSR count). The van der Waals surface area contributed by atoms with Crippen LogP contribution in [0.5, 0.6) is 5.75 Å². The van der Waals surface area contributed by atoms with Gasteiger partial charge < -0.3 is 5.11 Å². The molecule has 0 spiro atoms. The molecule has 6 heteroatoms. The Balaban J connectivity index is 2.35. The molecule has 0 aliphatic rings. The van der Waals surface area contributed by atoms with Crippen molar-refractivity contribution in [1.29, 1.82) is 0 Å². The van der Waals surface area contributed by atoms with Crippen molar-refractivity contribution in [2.24, 2.45) is 10.2 Å². The number of aryl methyl sites for hydroxylation is 1. The fraction of sp³-hybridized carbons (Fsp3) is 0.0769. The zero-order valence-electron chi connectivity index (χ0n) is 9.86. The molecule has 0 saturated carbocycles. The SMILES string of the molecule is Cc1cc(Br)cc(N=Nc2ccc(Br)c(Cl)c2)c1O. The lowest BCUT2D eigenvalue weighted by Gasteiger charge is -2.03. The van der Waals surface area contributed by atoms with E-state index >= 15 is 0 Å². The van der Waals surface area contributed by atoms with E-state index < -0.39 is 0 Å². The van der Waals surface area contributed by atoms with Gasteiger partial charge in [-0.3, -0.25) is 0 Å². The van der Waals surface area contributed by atoms with E-state index in [1.807, 2.05) is 6.07 Å². The first-order valence-electron chi connectivity index (χ1n) is 5.33. The van der Waals surface area contributed by atoms with Crippen molar-refractivity contribution in [2.75, 3.05) is 0 Å². The molecule has 0 bridgehead atoms. The fourth-order valence-electron chi connectivity index (χ4n) is 1.45. The van der Waals surface area contributed by atoms with E-state index in [9.17, 15) is 5.11 Å². The summed E-state index contributed by atoms with van der Waals surface area (Å²) in [5.74, 6) is 0.121. The Morgan fingerprint density at radius 2 is 1.84 bits per heavy atom. The van der Waals surface area contributed by atoms with Crippen molar-refractivity contribution in [3.63, 3.8) is 0 Å². The van der Waals surface area contributed by atoms with Crippen LogP contribution in [0.4, 0.5) is 11.4 Å². The van der Waals surface area contributed by atoms with Gasteiger partial charge in [-0.25, -0.2) is 0 Å². The Hall–Kier alpha value is -0.910. The topological polar surface area (TPSA) is 45.0 Å². The summed E-state index contributed by atoms with van der Waals surface area (Å²) in [5.41, 5.74) is 1.76. The van der Waals surface area contributed by atoms with Crippen LogP contribution in [0, 0.1) is 6.92 Å². The maximum absolute atomic E-state index is 9.89. The zero-order valence-corrected chi connectivity index (χ0v) is 13.8. The van der Waals surface area contributed by atoms with E-state index in [4.69, 9.17) is 11.6 Å². The van der Waals surface area contributed by atoms with Crippen molar-refractivity contribution in [1.82, 2.24) is 0 Å². The lowest BCUT2D eigenvalue weighted by atomic mass is 10.2. The van der Waals surface area contributed by atoms with Gasteiger partial charge in [0.1, 0.15) is 11.4 Å². The molecule has 0 aliphatic heterocycles. The molecule has 0 aliphatic carbocycles. The summed E-state index contributed by atoms with van der Waals surface area (Å²) in [6.07, 6.45) is 0. The quantitative estimate of drug-likeness (QED) is 0.587. The van der Waals surface area contributed by atoms with Gasteiger partial charge in [0.05, 0.1) is 10.7 Å². The van der Waals surface area contributed by atoms with Crippen LogP contribution < -0.4 is 0 Å². The van der Waals surface area contributed by atoms with Gasteiger partial charge in [-0.2, -0.15) is 5.11 Å². The van der Waals surface area contributed by atoms with E-state index in [0.29, 0.717) is 16.4 Å². The van der Waals surface area contributed by atoms with Crippen LogP contribution in [-0.4, -0.2) is 5.11 Å². The second kappa shape index (κ2) is 6.03. The van der Waals surface area contributed by atoms with E-state index in [1.54, 1.807) is 31.2 Å². The first kappa shape index (κ1) is 14.5. The molecule has 0 aromatic heterocycles. The Morgan fingerprint density at radius 1 is 1.11 bits per heavy atom. The van der Waals surface area contributed by atoms with Gasteiger partial charge >= 0.3 is 0 Å². The predicted octanol–water partition coefficient (Wildman–Crippen LogP) is 6.29. The molecule has 3 nitrogen and oxygen atoms in total. The Labute approximate surface area is 132 Å². The smallest absolute Gasteiger partial charge is 0.146 e. The average molecular weight is 404 g/mol. The Kier molecular flexibility index (Phi) is 4.60. The molecule has 0 radical (unpaired) electrons. The first-order chi connectivity index (χ1) is 8.97. The van der Waals surface area contributed by atoms with Crippen LogP contribution >= 0.6 is 43.5 Å². The van der Waals surface area contributed by atoms with Crippen molar-refractivity contribution < 1.29 is 5.11 Å². The van der Waals surface area contributed by atoms with Gasteiger partial charge in [-0.1, -0.05) is 27.5 Å². The minimum atomic E-state index is 0.121. The molecule has 98 valence electrons. The summed E-state index contributed by atoms with van der Waals surface area (Å²) in [6.45, 7) is 1.80. The highest BCUT2D eigenvalue weighted by molar-refractivity contribution is 9.10. The van der Waals surface area contributed by atoms with E-state index in [1.165, 1.54) is 0 Å². The molecular weight excluding hydrogens is 395 g/mol. The highest BCUT2D eigenvalue weighted by Crippen LogP contribution is 2.35. The van der Waals surface area contributed by atoms with Crippen LogP contribution in [0.15, 0.2) is 49.5 Å². The highest BCUT2D eigenvalue weighted by Gasteiger charge is 2.05. The first-order valence-corrected chi connectivity index (χ1v) is 7.29. The molecule has 0 amide bonds. The third-order valence-corrected chi connectivity index (χ3v) is 4.11. The molecule has 19 heavy (non-hydrogen) atoms. The normalized spacial score (nSPS) is 11.2. The number of hydrogen-bond donors (Lipinski definition) is 1. The molecular formula is C13H9Br2ClN2O. The number of nitrogens with zero attached hydrogens (tertiary/aromatic N) is 2. The fourth-order valence-corrected chi connectivity index (χ4v) is 2.43. The Morgan fingerprint density at radius 3 is 2.53 bits per heavy atom. The number of rotatable bonds is 2. The monoisotopic (exact) mass is 402 g/mol. The van der Waals surface area contributed by atoms with Crippen molar-refractivity contribution in [3.8, 4) is 5.75 Å². The summed E-state index contributed by atoms with van der Waals surface area (Å²) in [5, 5.41) is 18.6. The number of aromatic hydroxyl groups is 1.